The minimum absolute atomic E-state index is 0.271. The van der Waals surface area contributed by atoms with E-state index < -0.39 is 11.4 Å². The molecule has 0 bridgehead atoms. The topological polar surface area (TPSA) is 72.3 Å². The molecule has 78 valence electrons. The Balaban J connectivity index is 4.19. The van der Waals surface area contributed by atoms with Gasteiger partial charge in [0.25, 0.3) is 0 Å². The van der Waals surface area contributed by atoms with E-state index in [1.165, 1.54) is 0 Å². The van der Waals surface area contributed by atoms with Crippen LogP contribution in [0.5, 0.6) is 0 Å². The minimum atomic E-state index is -0.900. The third-order valence-electron chi connectivity index (χ3n) is 2.53. The second-order valence-electron chi connectivity index (χ2n) is 3.91. The van der Waals surface area contributed by atoms with E-state index in [1.807, 2.05) is 14.0 Å². The summed E-state index contributed by atoms with van der Waals surface area (Å²) in [6.45, 7) is 6.72. The summed E-state index contributed by atoms with van der Waals surface area (Å²) in [6, 6.07) is 0.271. The zero-order chi connectivity index (χ0) is 10.6. The van der Waals surface area contributed by atoms with Gasteiger partial charge >= 0.3 is 0 Å². The van der Waals surface area contributed by atoms with Gasteiger partial charge in [0.2, 0.25) is 5.91 Å². The molecule has 0 fully saturated rings. The van der Waals surface area contributed by atoms with Gasteiger partial charge in [-0.1, -0.05) is 6.92 Å². The first-order chi connectivity index (χ1) is 5.81. The van der Waals surface area contributed by atoms with Crippen molar-refractivity contribution in [2.75, 3.05) is 13.6 Å². The maximum absolute atomic E-state index is 10.9. The van der Waals surface area contributed by atoms with Crippen molar-refractivity contribution >= 4 is 5.91 Å². The molecule has 2 atom stereocenters. The fraction of sp³-hybridized carbons (Fsp3) is 0.889. The minimum Gasteiger partial charge on any atom is -0.368 e. The second-order valence-corrected chi connectivity index (χ2v) is 3.91. The molecule has 0 saturated heterocycles. The molecule has 4 heteroatoms. The SMILES string of the molecule is CCN(C)C(C)CC(C)(N)C(N)=O. The van der Waals surface area contributed by atoms with Crippen molar-refractivity contribution in [3.8, 4) is 0 Å². The lowest BCUT2D eigenvalue weighted by atomic mass is 9.93. The first-order valence-corrected chi connectivity index (χ1v) is 4.60. The van der Waals surface area contributed by atoms with Gasteiger partial charge in [-0.05, 0) is 33.9 Å². The Labute approximate surface area is 80.3 Å². The van der Waals surface area contributed by atoms with E-state index in [1.54, 1.807) is 6.92 Å². The third kappa shape index (κ3) is 3.74. The number of hydrogen-bond donors (Lipinski definition) is 2. The molecule has 1 amide bonds. The zero-order valence-corrected chi connectivity index (χ0v) is 9.00. The van der Waals surface area contributed by atoms with Gasteiger partial charge < -0.3 is 16.4 Å². The molecular formula is C9H21N3O. The Morgan fingerprint density at radius 1 is 1.62 bits per heavy atom. The van der Waals surface area contributed by atoms with Crippen molar-refractivity contribution < 1.29 is 4.79 Å². The number of primary amides is 1. The Bertz CT molecular complexity index is 180. The number of hydrogen-bond acceptors (Lipinski definition) is 3. The first kappa shape index (κ1) is 12.4. The summed E-state index contributed by atoms with van der Waals surface area (Å²) < 4.78 is 0. The first-order valence-electron chi connectivity index (χ1n) is 4.60. The summed E-state index contributed by atoms with van der Waals surface area (Å²) in [6.07, 6.45) is 0.590. The van der Waals surface area contributed by atoms with Crippen LogP contribution in [-0.4, -0.2) is 36.0 Å². The fourth-order valence-corrected chi connectivity index (χ4v) is 1.18. The molecule has 0 heterocycles. The Hall–Kier alpha value is -0.610. The highest BCUT2D eigenvalue weighted by Crippen LogP contribution is 2.11. The van der Waals surface area contributed by atoms with E-state index >= 15 is 0 Å². The van der Waals surface area contributed by atoms with Crippen LogP contribution in [-0.2, 0) is 4.79 Å². The smallest absolute Gasteiger partial charge is 0.237 e. The summed E-state index contributed by atoms with van der Waals surface area (Å²) in [4.78, 5) is 13.1. The van der Waals surface area contributed by atoms with E-state index in [2.05, 4.69) is 11.8 Å². The molecule has 2 unspecified atom stereocenters. The van der Waals surface area contributed by atoms with Gasteiger partial charge in [-0.15, -0.1) is 0 Å². The molecule has 0 rings (SSSR count). The highest BCUT2D eigenvalue weighted by Gasteiger charge is 2.28. The molecule has 0 aromatic heterocycles. The molecular weight excluding hydrogens is 166 g/mol. The van der Waals surface area contributed by atoms with Crippen LogP contribution in [0.4, 0.5) is 0 Å². The monoisotopic (exact) mass is 187 g/mol. The van der Waals surface area contributed by atoms with Crippen LogP contribution in [0.15, 0.2) is 0 Å². The molecule has 13 heavy (non-hydrogen) atoms. The van der Waals surface area contributed by atoms with Crippen molar-refractivity contribution in [2.45, 2.75) is 38.8 Å². The van der Waals surface area contributed by atoms with E-state index in [0.29, 0.717) is 6.42 Å². The van der Waals surface area contributed by atoms with Crippen molar-refractivity contribution in [1.29, 1.82) is 0 Å². The Morgan fingerprint density at radius 3 is 2.38 bits per heavy atom. The second kappa shape index (κ2) is 4.58. The molecule has 0 spiro atoms. The number of nitrogens with two attached hydrogens (primary N) is 2. The van der Waals surface area contributed by atoms with Crippen LogP contribution in [0, 0.1) is 0 Å². The molecule has 0 aromatic carbocycles. The van der Waals surface area contributed by atoms with Crippen LogP contribution in [0.25, 0.3) is 0 Å². The number of carbonyl (C=O) groups excluding carboxylic acids is 1. The number of rotatable bonds is 5. The molecule has 0 aliphatic heterocycles. The zero-order valence-electron chi connectivity index (χ0n) is 9.00. The van der Waals surface area contributed by atoms with Crippen LogP contribution < -0.4 is 11.5 Å². The average Bonchev–Trinajstić information content (AvgIpc) is 2.01. The lowest BCUT2D eigenvalue weighted by Crippen LogP contribution is -2.52. The quantitative estimate of drug-likeness (QED) is 0.632. The van der Waals surface area contributed by atoms with Gasteiger partial charge in [0.15, 0.2) is 0 Å². The van der Waals surface area contributed by atoms with E-state index in [-0.39, 0.29) is 6.04 Å². The summed E-state index contributed by atoms with van der Waals surface area (Å²) in [5, 5.41) is 0. The highest BCUT2D eigenvalue weighted by molar-refractivity contribution is 5.83. The van der Waals surface area contributed by atoms with Crippen LogP contribution in [0.3, 0.4) is 0 Å². The molecule has 0 aliphatic rings. The summed E-state index contributed by atoms with van der Waals surface area (Å²) in [5.74, 6) is -0.441. The molecule has 0 aromatic rings. The predicted molar refractivity (Wildman–Crippen MR) is 54.2 cm³/mol. The van der Waals surface area contributed by atoms with Crippen molar-refractivity contribution in [1.82, 2.24) is 4.90 Å². The maximum atomic E-state index is 10.9. The third-order valence-corrected chi connectivity index (χ3v) is 2.53. The number of nitrogens with zero attached hydrogens (tertiary/aromatic N) is 1. The van der Waals surface area contributed by atoms with Crippen molar-refractivity contribution in [3.05, 3.63) is 0 Å². The normalized spacial score (nSPS) is 18.3. The van der Waals surface area contributed by atoms with Crippen LogP contribution in [0.1, 0.15) is 27.2 Å². The van der Waals surface area contributed by atoms with E-state index in [0.717, 1.165) is 6.54 Å². The Kier molecular flexibility index (Phi) is 4.36. The average molecular weight is 187 g/mol. The largest absolute Gasteiger partial charge is 0.368 e. The molecule has 0 aliphatic carbocycles. The van der Waals surface area contributed by atoms with Gasteiger partial charge in [0.05, 0.1) is 5.54 Å². The van der Waals surface area contributed by atoms with Gasteiger partial charge in [0.1, 0.15) is 0 Å². The van der Waals surface area contributed by atoms with Gasteiger partial charge in [-0.2, -0.15) is 0 Å². The summed E-state index contributed by atoms with van der Waals surface area (Å²) in [5.41, 5.74) is 10.0. The van der Waals surface area contributed by atoms with Gasteiger partial charge in [-0.25, -0.2) is 0 Å². The lowest BCUT2D eigenvalue weighted by Gasteiger charge is -2.30. The van der Waals surface area contributed by atoms with Crippen LogP contribution >= 0.6 is 0 Å². The van der Waals surface area contributed by atoms with E-state index in [4.69, 9.17) is 11.5 Å². The lowest BCUT2D eigenvalue weighted by molar-refractivity contribution is -0.123. The summed E-state index contributed by atoms with van der Waals surface area (Å²) in [7, 11) is 2.00. The number of amides is 1. The van der Waals surface area contributed by atoms with E-state index in [9.17, 15) is 4.79 Å². The molecule has 0 radical (unpaired) electrons. The molecule has 4 N–H and O–H groups in total. The molecule has 0 saturated carbocycles. The Morgan fingerprint density at radius 2 is 2.08 bits per heavy atom. The highest BCUT2D eigenvalue weighted by atomic mass is 16.1. The van der Waals surface area contributed by atoms with Gasteiger partial charge in [0, 0.05) is 6.04 Å². The number of carbonyl (C=O) groups is 1. The maximum Gasteiger partial charge on any atom is 0.237 e. The van der Waals surface area contributed by atoms with Gasteiger partial charge in [-0.3, -0.25) is 4.79 Å². The molecule has 4 nitrogen and oxygen atoms in total. The standard InChI is InChI=1S/C9H21N3O/c1-5-12(4)7(2)6-9(3,11)8(10)13/h7H,5-6,11H2,1-4H3,(H2,10,13). The van der Waals surface area contributed by atoms with Crippen molar-refractivity contribution in [3.63, 3.8) is 0 Å². The van der Waals surface area contributed by atoms with Crippen molar-refractivity contribution in [2.24, 2.45) is 11.5 Å². The van der Waals surface area contributed by atoms with Crippen LogP contribution in [0.2, 0.25) is 0 Å². The predicted octanol–water partition coefficient (Wildman–Crippen LogP) is -0.0806. The summed E-state index contributed by atoms with van der Waals surface area (Å²) >= 11 is 0. The fourth-order valence-electron chi connectivity index (χ4n) is 1.18.